The molecule has 200 valence electrons. The summed E-state index contributed by atoms with van der Waals surface area (Å²) < 4.78 is 0. The fourth-order valence-corrected chi connectivity index (χ4v) is 2.91. The number of unbranched alkanes of at least 4 members (excludes halogenated alkanes) is 1. The number of amides is 3. The molecule has 35 heavy (non-hydrogen) atoms. The van der Waals surface area contributed by atoms with E-state index in [-0.39, 0.29) is 12.8 Å². The van der Waals surface area contributed by atoms with E-state index in [0.29, 0.717) is 19.4 Å². The summed E-state index contributed by atoms with van der Waals surface area (Å²) in [6.45, 7) is 1.51. The van der Waals surface area contributed by atoms with Crippen molar-refractivity contribution in [2.45, 2.75) is 82.1 Å². The predicted octanol–water partition coefficient (Wildman–Crippen LogP) is -2.91. The zero-order chi connectivity index (χ0) is 27.1. The van der Waals surface area contributed by atoms with E-state index >= 15 is 0 Å². The van der Waals surface area contributed by atoms with E-state index in [9.17, 15) is 33.9 Å². The lowest BCUT2D eigenvalue weighted by Gasteiger charge is -2.25. The van der Waals surface area contributed by atoms with Gasteiger partial charge in [-0.3, -0.25) is 24.0 Å². The maximum absolute atomic E-state index is 12.8. The highest BCUT2D eigenvalue weighted by Crippen LogP contribution is 2.06. The van der Waals surface area contributed by atoms with E-state index in [2.05, 4.69) is 10.6 Å². The second-order valence-electron chi connectivity index (χ2n) is 7.94. The van der Waals surface area contributed by atoms with E-state index < -0.39 is 85.2 Å². The summed E-state index contributed by atoms with van der Waals surface area (Å²) in [5.74, 6) is -6.95. The summed E-state index contributed by atoms with van der Waals surface area (Å²) in [5, 5.41) is 43.2. The zero-order valence-corrected chi connectivity index (χ0v) is 19.4. The van der Waals surface area contributed by atoms with Gasteiger partial charge in [0.05, 0.1) is 12.1 Å². The van der Waals surface area contributed by atoms with Gasteiger partial charge in [-0.25, -0.2) is 4.79 Å². The third kappa shape index (κ3) is 13.2. The normalized spacial score (nSPS) is 15.1. The number of aliphatic hydroxyl groups is 1. The lowest BCUT2D eigenvalue weighted by Crippen LogP contribution is -2.58. The molecular weight excluding hydrogens is 470 g/mol. The lowest BCUT2D eigenvalue weighted by molar-refractivity contribution is -0.145. The third-order valence-corrected chi connectivity index (χ3v) is 4.91. The summed E-state index contributed by atoms with van der Waals surface area (Å²) in [4.78, 5) is 71.0. The van der Waals surface area contributed by atoms with Crippen molar-refractivity contribution in [1.29, 1.82) is 0 Å². The fourth-order valence-electron chi connectivity index (χ4n) is 2.91. The molecule has 15 heteroatoms. The van der Waals surface area contributed by atoms with Gasteiger partial charge in [-0.15, -0.1) is 0 Å². The number of carbonyl (C=O) groups is 6. The molecule has 0 aromatic carbocycles. The van der Waals surface area contributed by atoms with Crippen molar-refractivity contribution in [1.82, 2.24) is 16.0 Å². The number of nitrogens with two attached hydrogens (primary N) is 2. The van der Waals surface area contributed by atoms with Gasteiger partial charge in [0, 0.05) is 12.8 Å². The molecule has 11 N–H and O–H groups in total. The van der Waals surface area contributed by atoms with Gasteiger partial charge >= 0.3 is 17.9 Å². The largest absolute Gasteiger partial charge is 0.481 e. The molecule has 0 bridgehead atoms. The quantitative estimate of drug-likeness (QED) is 0.0848. The number of aliphatic hydroxyl groups excluding tert-OH is 1. The highest BCUT2D eigenvalue weighted by molar-refractivity contribution is 5.94. The van der Waals surface area contributed by atoms with E-state index in [1.54, 1.807) is 0 Å². The number of aliphatic carboxylic acids is 3. The van der Waals surface area contributed by atoms with E-state index in [0.717, 1.165) is 6.92 Å². The number of carbonyl (C=O) groups excluding carboxylic acids is 3. The van der Waals surface area contributed by atoms with Gasteiger partial charge in [-0.05, 0) is 39.2 Å². The molecule has 15 nitrogen and oxygen atoms in total. The topological polar surface area (TPSA) is 271 Å². The van der Waals surface area contributed by atoms with Crippen LogP contribution in [-0.4, -0.2) is 92.9 Å². The molecular formula is C20H35N5O10. The second-order valence-corrected chi connectivity index (χ2v) is 7.94. The second kappa shape index (κ2) is 16.3. The highest BCUT2D eigenvalue weighted by atomic mass is 16.4. The Labute approximate surface area is 201 Å². The maximum Gasteiger partial charge on any atom is 0.328 e. The van der Waals surface area contributed by atoms with Gasteiger partial charge in [-0.1, -0.05) is 6.42 Å². The van der Waals surface area contributed by atoms with E-state index in [1.165, 1.54) is 0 Å². The fraction of sp³-hybridized carbons (Fsp3) is 0.700. The van der Waals surface area contributed by atoms with Crippen LogP contribution in [0.3, 0.4) is 0 Å². The van der Waals surface area contributed by atoms with Crippen LogP contribution in [0.5, 0.6) is 0 Å². The van der Waals surface area contributed by atoms with E-state index in [1.807, 2.05) is 5.32 Å². The monoisotopic (exact) mass is 505 g/mol. The van der Waals surface area contributed by atoms with E-state index in [4.69, 9.17) is 26.8 Å². The van der Waals surface area contributed by atoms with Crippen LogP contribution in [0.1, 0.15) is 51.9 Å². The Balaban J connectivity index is 5.55. The molecule has 3 amide bonds. The van der Waals surface area contributed by atoms with Gasteiger partial charge in [0.25, 0.3) is 0 Å². The molecule has 5 atom stereocenters. The molecule has 0 heterocycles. The van der Waals surface area contributed by atoms with Gasteiger partial charge in [-0.2, -0.15) is 0 Å². The number of hydrogen-bond acceptors (Lipinski definition) is 9. The number of rotatable bonds is 18. The van der Waals surface area contributed by atoms with Gasteiger partial charge in [0.15, 0.2) is 6.04 Å². The first kappa shape index (κ1) is 31.7. The zero-order valence-electron chi connectivity index (χ0n) is 19.4. The number of carboxylic acid groups (broad SMARTS) is 3. The summed E-state index contributed by atoms with van der Waals surface area (Å²) in [7, 11) is 0. The summed E-state index contributed by atoms with van der Waals surface area (Å²) >= 11 is 0. The van der Waals surface area contributed by atoms with Crippen LogP contribution in [-0.2, 0) is 28.8 Å². The molecule has 0 saturated carbocycles. The first-order chi connectivity index (χ1) is 16.3. The van der Waals surface area contributed by atoms with Gasteiger partial charge in [0.1, 0.15) is 12.1 Å². The van der Waals surface area contributed by atoms with Gasteiger partial charge in [0.2, 0.25) is 17.7 Å². The van der Waals surface area contributed by atoms with Crippen molar-refractivity contribution in [3.8, 4) is 0 Å². The molecule has 0 saturated heterocycles. The molecule has 0 aromatic heterocycles. The van der Waals surface area contributed by atoms with Crippen LogP contribution < -0.4 is 27.4 Å². The van der Waals surface area contributed by atoms with Crippen LogP contribution in [0.15, 0.2) is 0 Å². The minimum absolute atomic E-state index is 0.260. The Bertz CT molecular complexity index is 761. The molecule has 0 spiro atoms. The smallest absolute Gasteiger partial charge is 0.328 e. The maximum atomic E-state index is 12.8. The van der Waals surface area contributed by atoms with Crippen LogP contribution in [0.4, 0.5) is 0 Å². The SMILES string of the molecule is CC(O)C(NC(=O)C(CCC(=O)O)NC(=O)C(CCC(=O)O)NC(=O)C(N)CCCCN)C(=O)O. The van der Waals surface area contributed by atoms with Crippen LogP contribution in [0.25, 0.3) is 0 Å². The molecule has 0 aliphatic heterocycles. The Morgan fingerprint density at radius 1 is 0.743 bits per heavy atom. The summed E-state index contributed by atoms with van der Waals surface area (Å²) in [6, 6.07) is -5.72. The van der Waals surface area contributed by atoms with Crippen molar-refractivity contribution in [2.75, 3.05) is 6.54 Å². The Hall–Kier alpha value is -3.30. The van der Waals surface area contributed by atoms with Crippen molar-refractivity contribution >= 4 is 35.6 Å². The van der Waals surface area contributed by atoms with Crippen LogP contribution in [0.2, 0.25) is 0 Å². The standard InChI is InChI=1S/C20H35N5O10/c1-10(26)16(20(34)35)25-19(33)13(6-8-15(29)30)24-18(32)12(5-7-14(27)28)23-17(31)11(22)4-2-3-9-21/h10-13,16,26H,2-9,21-22H2,1H3,(H,23,31)(H,24,32)(H,25,33)(H,27,28)(H,29,30)(H,34,35). The Morgan fingerprint density at radius 2 is 1.20 bits per heavy atom. The van der Waals surface area contributed by atoms with Crippen molar-refractivity contribution in [3.63, 3.8) is 0 Å². The number of hydrogen-bond donors (Lipinski definition) is 9. The number of carboxylic acids is 3. The molecule has 0 aliphatic carbocycles. The third-order valence-electron chi connectivity index (χ3n) is 4.91. The molecule has 0 fully saturated rings. The molecule has 0 aliphatic rings. The Kier molecular flexibility index (Phi) is 14.8. The molecule has 0 radical (unpaired) electrons. The van der Waals surface area contributed by atoms with Crippen LogP contribution in [0, 0.1) is 0 Å². The first-order valence-electron chi connectivity index (χ1n) is 11.0. The average molecular weight is 506 g/mol. The molecule has 0 rings (SSSR count). The molecule has 5 unspecified atom stereocenters. The van der Waals surface area contributed by atoms with Crippen molar-refractivity contribution in [3.05, 3.63) is 0 Å². The lowest BCUT2D eigenvalue weighted by atomic mass is 10.0. The van der Waals surface area contributed by atoms with Crippen LogP contribution >= 0.6 is 0 Å². The summed E-state index contributed by atoms with van der Waals surface area (Å²) in [6.07, 6.45) is -1.99. The Morgan fingerprint density at radius 3 is 1.60 bits per heavy atom. The van der Waals surface area contributed by atoms with Crippen molar-refractivity contribution in [2.24, 2.45) is 11.5 Å². The van der Waals surface area contributed by atoms with Crippen molar-refractivity contribution < 1.29 is 49.2 Å². The average Bonchev–Trinajstić information content (AvgIpc) is 2.76. The summed E-state index contributed by atoms with van der Waals surface area (Å²) in [5.41, 5.74) is 11.2. The molecule has 0 aromatic rings. The minimum atomic E-state index is -1.74. The predicted molar refractivity (Wildman–Crippen MR) is 120 cm³/mol. The van der Waals surface area contributed by atoms with Gasteiger partial charge < -0.3 is 47.8 Å². The highest BCUT2D eigenvalue weighted by Gasteiger charge is 2.32. The minimum Gasteiger partial charge on any atom is -0.481 e. The number of nitrogens with one attached hydrogen (secondary N) is 3. The first-order valence-corrected chi connectivity index (χ1v) is 11.0.